The average molecular weight is 330 g/mol. The molecule has 1 atom stereocenters. The highest BCUT2D eigenvalue weighted by molar-refractivity contribution is 5.23. The average Bonchev–Trinajstić information content (AvgIpc) is 2.92. The van der Waals surface area contributed by atoms with Crippen LogP contribution in [0.4, 0.5) is 0 Å². The highest BCUT2D eigenvalue weighted by Gasteiger charge is 2.34. The lowest BCUT2D eigenvalue weighted by Crippen LogP contribution is -2.49. The van der Waals surface area contributed by atoms with E-state index in [4.69, 9.17) is 4.74 Å². The highest BCUT2D eigenvalue weighted by atomic mass is 16.5. The van der Waals surface area contributed by atoms with Crippen molar-refractivity contribution >= 4 is 0 Å². The monoisotopic (exact) mass is 330 g/mol. The van der Waals surface area contributed by atoms with Crippen molar-refractivity contribution in [3.8, 4) is 0 Å². The molecule has 0 radical (unpaired) electrons. The van der Waals surface area contributed by atoms with Crippen LogP contribution in [0.15, 0.2) is 30.6 Å². The van der Waals surface area contributed by atoms with Gasteiger partial charge in [-0.1, -0.05) is 24.3 Å². The van der Waals surface area contributed by atoms with Gasteiger partial charge in [-0.2, -0.15) is 0 Å². The van der Waals surface area contributed by atoms with Crippen LogP contribution in [0, 0.1) is 0 Å². The largest absolute Gasteiger partial charge is 0.388 e. The van der Waals surface area contributed by atoms with Crippen molar-refractivity contribution in [1.29, 1.82) is 0 Å². The maximum atomic E-state index is 11.0. The van der Waals surface area contributed by atoms with Gasteiger partial charge in [0.15, 0.2) is 0 Å². The standard InChI is InChI=1S/C18H26N4O2/c1-21-14-19-20-17(21)10-18(23)7-4-8-22(13-18)11-15-5-3-6-16(9-15)12-24-2/h3,5-6,9,14,23H,4,7-8,10-13H2,1-2H3. The van der Waals surface area contributed by atoms with Crippen LogP contribution in [-0.2, 0) is 31.4 Å². The van der Waals surface area contributed by atoms with Gasteiger partial charge in [0.25, 0.3) is 0 Å². The Morgan fingerprint density at radius 1 is 1.33 bits per heavy atom. The Hall–Kier alpha value is -1.76. The zero-order chi connectivity index (χ0) is 17.0. The summed E-state index contributed by atoms with van der Waals surface area (Å²) in [5.41, 5.74) is 1.71. The maximum absolute atomic E-state index is 11.0. The summed E-state index contributed by atoms with van der Waals surface area (Å²) in [6.07, 6.45) is 4.02. The summed E-state index contributed by atoms with van der Waals surface area (Å²) in [7, 11) is 3.63. The van der Waals surface area contributed by atoms with E-state index >= 15 is 0 Å². The number of hydrogen-bond donors (Lipinski definition) is 1. The number of nitrogens with zero attached hydrogens (tertiary/aromatic N) is 4. The van der Waals surface area contributed by atoms with E-state index in [-0.39, 0.29) is 0 Å². The van der Waals surface area contributed by atoms with Crippen molar-refractivity contribution in [3.05, 3.63) is 47.5 Å². The third kappa shape index (κ3) is 4.20. The molecular weight excluding hydrogens is 304 g/mol. The smallest absolute Gasteiger partial charge is 0.135 e. The number of piperidine rings is 1. The first-order valence-corrected chi connectivity index (χ1v) is 8.42. The summed E-state index contributed by atoms with van der Waals surface area (Å²) < 4.78 is 7.09. The topological polar surface area (TPSA) is 63.4 Å². The van der Waals surface area contributed by atoms with Crippen LogP contribution >= 0.6 is 0 Å². The summed E-state index contributed by atoms with van der Waals surface area (Å²) >= 11 is 0. The number of rotatable bonds is 6. The Morgan fingerprint density at radius 3 is 2.92 bits per heavy atom. The molecule has 3 rings (SSSR count). The molecule has 0 saturated carbocycles. The number of aliphatic hydroxyl groups is 1. The molecule has 2 aromatic rings. The van der Waals surface area contributed by atoms with Crippen molar-refractivity contribution < 1.29 is 9.84 Å². The lowest BCUT2D eigenvalue weighted by Gasteiger charge is -2.39. The van der Waals surface area contributed by atoms with Crippen molar-refractivity contribution in [2.75, 3.05) is 20.2 Å². The number of aryl methyl sites for hydroxylation is 1. The molecule has 1 aromatic carbocycles. The van der Waals surface area contributed by atoms with E-state index in [2.05, 4.69) is 39.4 Å². The molecule has 1 aromatic heterocycles. The van der Waals surface area contributed by atoms with Gasteiger partial charge in [0.05, 0.1) is 12.2 Å². The summed E-state index contributed by atoms with van der Waals surface area (Å²) in [5.74, 6) is 0.835. The lowest BCUT2D eigenvalue weighted by atomic mass is 9.89. The minimum absolute atomic E-state index is 0.545. The number of hydrogen-bond acceptors (Lipinski definition) is 5. The lowest BCUT2D eigenvalue weighted by molar-refractivity contribution is -0.0344. The molecular formula is C18H26N4O2. The Bertz CT molecular complexity index is 673. The van der Waals surface area contributed by atoms with Gasteiger partial charge in [-0.15, -0.1) is 10.2 Å². The first-order chi connectivity index (χ1) is 11.6. The molecule has 1 N–H and O–H groups in total. The van der Waals surface area contributed by atoms with E-state index in [1.165, 1.54) is 11.1 Å². The fraction of sp³-hybridized carbons (Fsp3) is 0.556. The summed E-state index contributed by atoms with van der Waals surface area (Å²) in [6.45, 7) is 3.15. The second kappa shape index (κ2) is 7.42. The van der Waals surface area contributed by atoms with E-state index in [1.54, 1.807) is 13.4 Å². The third-order valence-electron chi connectivity index (χ3n) is 4.64. The number of ether oxygens (including phenoxy) is 1. The van der Waals surface area contributed by atoms with Crippen LogP contribution in [-0.4, -0.2) is 50.6 Å². The zero-order valence-corrected chi connectivity index (χ0v) is 14.5. The second-order valence-corrected chi connectivity index (χ2v) is 6.83. The van der Waals surface area contributed by atoms with E-state index in [0.717, 1.165) is 31.8 Å². The Balaban J connectivity index is 1.65. The van der Waals surface area contributed by atoms with E-state index in [0.29, 0.717) is 19.6 Å². The number of likely N-dealkylation sites (tertiary alicyclic amines) is 1. The number of benzene rings is 1. The Kier molecular flexibility index (Phi) is 5.28. The molecule has 1 fully saturated rings. The molecule has 6 heteroatoms. The SMILES string of the molecule is COCc1cccc(CN2CCCC(O)(Cc3nncn3C)C2)c1. The summed E-state index contributed by atoms with van der Waals surface area (Å²) in [6, 6.07) is 8.46. The van der Waals surface area contributed by atoms with Crippen molar-refractivity contribution in [3.63, 3.8) is 0 Å². The van der Waals surface area contributed by atoms with Gasteiger partial charge in [0.2, 0.25) is 0 Å². The van der Waals surface area contributed by atoms with Gasteiger partial charge in [-0.25, -0.2) is 0 Å². The third-order valence-corrected chi connectivity index (χ3v) is 4.64. The van der Waals surface area contributed by atoms with Gasteiger partial charge in [0.1, 0.15) is 12.2 Å². The van der Waals surface area contributed by atoms with Crippen LogP contribution in [0.5, 0.6) is 0 Å². The molecule has 0 amide bonds. The first-order valence-electron chi connectivity index (χ1n) is 8.42. The van der Waals surface area contributed by atoms with Crippen molar-refractivity contribution in [2.45, 2.75) is 38.0 Å². The molecule has 0 bridgehead atoms. The summed E-state index contributed by atoms with van der Waals surface area (Å²) in [4.78, 5) is 2.33. The Labute approximate surface area is 143 Å². The fourth-order valence-electron chi connectivity index (χ4n) is 3.49. The molecule has 1 aliphatic heterocycles. The van der Waals surface area contributed by atoms with E-state index < -0.39 is 5.60 Å². The summed E-state index contributed by atoms with van der Waals surface area (Å²) in [5, 5.41) is 19.0. The van der Waals surface area contributed by atoms with Crippen LogP contribution in [0.25, 0.3) is 0 Å². The maximum Gasteiger partial charge on any atom is 0.135 e. The van der Waals surface area contributed by atoms with Crippen LogP contribution in [0.1, 0.15) is 29.8 Å². The van der Waals surface area contributed by atoms with Crippen molar-refractivity contribution in [2.24, 2.45) is 7.05 Å². The normalized spacial score (nSPS) is 22.0. The first kappa shape index (κ1) is 17.1. The van der Waals surface area contributed by atoms with E-state index in [9.17, 15) is 5.11 Å². The molecule has 130 valence electrons. The van der Waals surface area contributed by atoms with E-state index in [1.807, 2.05) is 11.6 Å². The van der Waals surface area contributed by atoms with Crippen LogP contribution < -0.4 is 0 Å². The number of methoxy groups -OCH3 is 1. The minimum atomic E-state index is -0.733. The van der Waals surface area contributed by atoms with Gasteiger partial charge in [-0.3, -0.25) is 4.90 Å². The molecule has 1 aliphatic rings. The van der Waals surface area contributed by atoms with Crippen molar-refractivity contribution in [1.82, 2.24) is 19.7 Å². The fourth-order valence-corrected chi connectivity index (χ4v) is 3.49. The van der Waals surface area contributed by atoms with Crippen LogP contribution in [0.2, 0.25) is 0 Å². The molecule has 0 spiro atoms. The predicted molar refractivity (Wildman–Crippen MR) is 91.3 cm³/mol. The number of aromatic nitrogens is 3. The quantitative estimate of drug-likeness (QED) is 0.870. The van der Waals surface area contributed by atoms with Gasteiger partial charge in [-0.05, 0) is 30.5 Å². The molecule has 1 unspecified atom stereocenters. The minimum Gasteiger partial charge on any atom is -0.388 e. The van der Waals surface area contributed by atoms with Crippen LogP contribution in [0.3, 0.4) is 0 Å². The second-order valence-electron chi connectivity index (χ2n) is 6.83. The molecule has 1 saturated heterocycles. The molecule has 2 heterocycles. The molecule has 0 aliphatic carbocycles. The molecule has 6 nitrogen and oxygen atoms in total. The van der Waals surface area contributed by atoms with Gasteiger partial charge in [0, 0.05) is 33.7 Å². The molecule has 24 heavy (non-hydrogen) atoms. The van der Waals surface area contributed by atoms with Gasteiger partial charge >= 0.3 is 0 Å². The Morgan fingerprint density at radius 2 is 2.17 bits per heavy atom. The zero-order valence-electron chi connectivity index (χ0n) is 14.5. The predicted octanol–water partition coefficient (Wildman–Crippen LogP) is 1.53. The highest BCUT2D eigenvalue weighted by Crippen LogP contribution is 2.26. The van der Waals surface area contributed by atoms with Gasteiger partial charge < -0.3 is 14.4 Å². The number of β-amino-alcohol motifs (C(OH)–C–C–N with tert-alkyl or cyclic N) is 1.